The second kappa shape index (κ2) is 5.58. The van der Waals surface area contributed by atoms with E-state index in [1.54, 1.807) is 0 Å². The molecule has 0 bridgehead atoms. The lowest BCUT2D eigenvalue weighted by molar-refractivity contribution is 0.869. The highest BCUT2D eigenvalue weighted by Gasteiger charge is 2.07. The van der Waals surface area contributed by atoms with Gasteiger partial charge in [-0.2, -0.15) is 5.26 Å². The zero-order valence-electron chi connectivity index (χ0n) is 11.6. The Bertz CT molecular complexity index is 621. The molecule has 0 aliphatic heterocycles. The van der Waals surface area contributed by atoms with Gasteiger partial charge >= 0.3 is 0 Å². The van der Waals surface area contributed by atoms with Crippen molar-refractivity contribution in [3.8, 4) is 6.07 Å². The van der Waals surface area contributed by atoms with E-state index in [2.05, 4.69) is 43.4 Å². The lowest BCUT2D eigenvalue weighted by Gasteiger charge is -2.16. The van der Waals surface area contributed by atoms with E-state index in [1.807, 2.05) is 31.2 Å². The zero-order valence-corrected chi connectivity index (χ0v) is 11.6. The second-order valence-corrected chi connectivity index (χ2v) is 5.01. The highest BCUT2D eigenvalue weighted by molar-refractivity contribution is 5.67. The molecule has 1 N–H and O–H groups in total. The number of benzene rings is 2. The van der Waals surface area contributed by atoms with Crippen LogP contribution in [0.4, 0.5) is 11.4 Å². The number of rotatable bonds is 3. The summed E-state index contributed by atoms with van der Waals surface area (Å²) < 4.78 is 0. The molecule has 2 rings (SSSR count). The molecule has 0 amide bonds. The average Bonchev–Trinajstić information content (AvgIpc) is 2.41. The molecule has 0 saturated carbocycles. The van der Waals surface area contributed by atoms with Gasteiger partial charge in [-0.3, -0.25) is 0 Å². The van der Waals surface area contributed by atoms with Gasteiger partial charge in [0.1, 0.15) is 0 Å². The maximum absolute atomic E-state index is 8.89. The van der Waals surface area contributed by atoms with Gasteiger partial charge in [0.05, 0.1) is 11.6 Å². The molecule has 2 nitrogen and oxygen atoms in total. The number of nitrogens with one attached hydrogen (secondary N) is 1. The van der Waals surface area contributed by atoms with E-state index >= 15 is 0 Å². The highest BCUT2D eigenvalue weighted by Crippen LogP contribution is 2.28. The summed E-state index contributed by atoms with van der Waals surface area (Å²) in [5, 5.41) is 12.4. The van der Waals surface area contributed by atoms with Gasteiger partial charge in [0.25, 0.3) is 0 Å². The Morgan fingerprint density at radius 3 is 2.42 bits per heavy atom. The summed E-state index contributed by atoms with van der Waals surface area (Å²) in [6.45, 7) is 6.39. The quantitative estimate of drug-likeness (QED) is 0.854. The number of aryl methyl sites for hydroxylation is 1. The molecule has 2 aromatic carbocycles. The fraction of sp³-hybridized carbons (Fsp3) is 0.235. The van der Waals surface area contributed by atoms with Crippen molar-refractivity contribution in [2.75, 3.05) is 5.32 Å². The molecule has 0 fully saturated rings. The van der Waals surface area contributed by atoms with Crippen molar-refractivity contribution in [3.63, 3.8) is 0 Å². The van der Waals surface area contributed by atoms with Crippen LogP contribution in [0.25, 0.3) is 0 Å². The van der Waals surface area contributed by atoms with Crippen LogP contribution in [0.3, 0.4) is 0 Å². The van der Waals surface area contributed by atoms with Gasteiger partial charge in [-0.05, 0) is 48.2 Å². The summed E-state index contributed by atoms with van der Waals surface area (Å²) in [4.78, 5) is 0. The van der Waals surface area contributed by atoms with Gasteiger partial charge < -0.3 is 5.32 Å². The maximum Gasteiger partial charge on any atom is 0.0991 e. The molecule has 0 saturated heterocycles. The van der Waals surface area contributed by atoms with Gasteiger partial charge in [-0.15, -0.1) is 0 Å². The van der Waals surface area contributed by atoms with Crippen LogP contribution in [0.5, 0.6) is 0 Å². The van der Waals surface area contributed by atoms with Gasteiger partial charge in [0, 0.05) is 11.4 Å². The summed E-state index contributed by atoms with van der Waals surface area (Å²) in [7, 11) is 0. The predicted molar refractivity (Wildman–Crippen MR) is 79.7 cm³/mol. The molecule has 0 aromatic heterocycles. The molecule has 0 atom stereocenters. The minimum Gasteiger partial charge on any atom is -0.355 e. The van der Waals surface area contributed by atoms with Crippen LogP contribution in [0.1, 0.15) is 36.5 Å². The Labute approximate surface area is 114 Å². The SMILES string of the molecule is Cc1cc(C#N)ccc1Nc1ccccc1C(C)C. The normalized spacial score (nSPS) is 10.3. The van der Waals surface area contributed by atoms with Crippen molar-refractivity contribution in [3.05, 3.63) is 59.2 Å². The van der Waals surface area contributed by atoms with Crippen molar-refractivity contribution in [2.45, 2.75) is 26.7 Å². The third kappa shape index (κ3) is 2.95. The molecule has 0 aliphatic carbocycles. The first kappa shape index (κ1) is 13.2. The molecule has 96 valence electrons. The lowest BCUT2D eigenvalue weighted by Crippen LogP contribution is -1.99. The summed E-state index contributed by atoms with van der Waals surface area (Å²) in [6, 6.07) is 16.2. The minimum absolute atomic E-state index is 0.474. The number of anilines is 2. The summed E-state index contributed by atoms with van der Waals surface area (Å²) >= 11 is 0. The third-order valence-electron chi connectivity index (χ3n) is 3.21. The number of nitriles is 1. The van der Waals surface area contributed by atoms with E-state index < -0.39 is 0 Å². The Morgan fingerprint density at radius 1 is 1.05 bits per heavy atom. The molecule has 2 heteroatoms. The minimum atomic E-state index is 0.474. The zero-order chi connectivity index (χ0) is 13.8. The molecule has 0 spiro atoms. The summed E-state index contributed by atoms with van der Waals surface area (Å²) in [6.07, 6.45) is 0. The molecule has 0 heterocycles. The van der Waals surface area contributed by atoms with Crippen LogP contribution >= 0.6 is 0 Å². The Kier molecular flexibility index (Phi) is 3.87. The van der Waals surface area contributed by atoms with E-state index in [0.29, 0.717) is 11.5 Å². The molecule has 0 radical (unpaired) electrons. The first-order valence-corrected chi connectivity index (χ1v) is 6.48. The van der Waals surface area contributed by atoms with Crippen LogP contribution in [0.15, 0.2) is 42.5 Å². The van der Waals surface area contributed by atoms with Crippen molar-refractivity contribution in [2.24, 2.45) is 0 Å². The van der Waals surface area contributed by atoms with Crippen LogP contribution in [-0.2, 0) is 0 Å². The van der Waals surface area contributed by atoms with E-state index in [1.165, 1.54) is 5.56 Å². The molecule has 0 unspecified atom stereocenters. The van der Waals surface area contributed by atoms with Crippen molar-refractivity contribution in [1.82, 2.24) is 0 Å². The highest BCUT2D eigenvalue weighted by atomic mass is 14.9. The Balaban J connectivity index is 2.34. The van der Waals surface area contributed by atoms with Gasteiger partial charge in [0.15, 0.2) is 0 Å². The standard InChI is InChI=1S/C17H18N2/c1-12(2)15-6-4-5-7-17(15)19-16-9-8-14(11-18)10-13(16)3/h4-10,12,19H,1-3H3. The maximum atomic E-state index is 8.89. The summed E-state index contributed by atoms with van der Waals surface area (Å²) in [5.74, 6) is 0.474. The smallest absolute Gasteiger partial charge is 0.0991 e. The predicted octanol–water partition coefficient (Wildman–Crippen LogP) is 4.73. The van der Waals surface area contributed by atoms with E-state index in [4.69, 9.17) is 5.26 Å². The number of nitrogens with zero attached hydrogens (tertiary/aromatic N) is 1. The first-order valence-electron chi connectivity index (χ1n) is 6.48. The van der Waals surface area contributed by atoms with Crippen LogP contribution in [-0.4, -0.2) is 0 Å². The van der Waals surface area contributed by atoms with E-state index in [-0.39, 0.29) is 0 Å². The van der Waals surface area contributed by atoms with Crippen LogP contribution in [0.2, 0.25) is 0 Å². The molecular formula is C17H18N2. The monoisotopic (exact) mass is 250 g/mol. The number of para-hydroxylation sites is 1. The van der Waals surface area contributed by atoms with Gasteiger partial charge in [-0.25, -0.2) is 0 Å². The van der Waals surface area contributed by atoms with Crippen molar-refractivity contribution in [1.29, 1.82) is 5.26 Å². The molecule has 2 aromatic rings. The van der Waals surface area contributed by atoms with Crippen LogP contribution in [0, 0.1) is 18.3 Å². The summed E-state index contributed by atoms with van der Waals surface area (Å²) in [5.41, 5.74) is 5.25. The first-order chi connectivity index (χ1) is 9.11. The fourth-order valence-electron chi connectivity index (χ4n) is 2.13. The van der Waals surface area contributed by atoms with Crippen LogP contribution < -0.4 is 5.32 Å². The topological polar surface area (TPSA) is 35.8 Å². The largest absolute Gasteiger partial charge is 0.355 e. The number of hydrogen-bond acceptors (Lipinski definition) is 2. The van der Waals surface area contributed by atoms with E-state index in [9.17, 15) is 0 Å². The number of hydrogen-bond donors (Lipinski definition) is 1. The van der Waals surface area contributed by atoms with Gasteiger partial charge in [0.2, 0.25) is 0 Å². The third-order valence-corrected chi connectivity index (χ3v) is 3.21. The molecule has 0 aliphatic rings. The van der Waals surface area contributed by atoms with Crippen molar-refractivity contribution < 1.29 is 0 Å². The van der Waals surface area contributed by atoms with E-state index in [0.717, 1.165) is 16.9 Å². The van der Waals surface area contributed by atoms with Crippen molar-refractivity contribution >= 4 is 11.4 Å². The molecule has 19 heavy (non-hydrogen) atoms. The Morgan fingerprint density at radius 2 is 1.79 bits per heavy atom. The van der Waals surface area contributed by atoms with Gasteiger partial charge in [-0.1, -0.05) is 32.0 Å². The molecular weight excluding hydrogens is 232 g/mol. The lowest BCUT2D eigenvalue weighted by atomic mass is 10.0. The Hall–Kier alpha value is -2.27. The second-order valence-electron chi connectivity index (χ2n) is 5.01. The average molecular weight is 250 g/mol. The fourth-order valence-corrected chi connectivity index (χ4v) is 2.13.